The summed E-state index contributed by atoms with van der Waals surface area (Å²) in [6.07, 6.45) is 0.523. The van der Waals surface area contributed by atoms with E-state index in [4.69, 9.17) is 11.6 Å². The van der Waals surface area contributed by atoms with Crippen LogP contribution in [0, 0.1) is 6.92 Å². The largest absolute Gasteiger partial charge is 0.326 e. The van der Waals surface area contributed by atoms with Gasteiger partial charge in [0.2, 0.25) is 5.91 Å². The number of halogens is 1. The Morgan fingerprint density at radius 3 is 2.65 bits per heavy atom. The predicted molar refractivity (Wildman–Crippen MR) is 83.4 cm³/mol. The van der Waals surface area contributed by atoms with Crippen molar-refractivity contribution in [2.45, 2.75) is 13.3 Å². The van der Waals surface area contributed by atoms with Crippen LogP contribution in [0.4, 0.5) is 5.69 Å². The Morgan fingerprint density at radius 2 is 2.00 bits per heavy atom. The number of rotatable bonds is 4. The number of aryl methyl sites for hydroxylation is 1. The molecule has 1 fully saturated rings. The number of anilines is 1. The lowest BCUT2D eigenvalue weighted by atomic mass is 10.2. The Bertz CT molecular complexity index is 470. The third-order valence-electron chi connectivity index (χ3n) is 3.71. The number of likely N-dealkylation sites (N-methyl/N-ethyl adjacent to an activating group) is 1. The van der Waals surface area contributed by atoms with Crippen LogP contribution < -0.4 is 5.32 Å². The average Bonchev–Trinajstić information content (AvgIpc) is 2.42. The van der Waals surface area contributed by atoms with Crippen LogP contribution in [0.25, 0.3) is 0 Å². The highest BCUT2D eigenvalue weighted by Crippen LogP contribution is 2.20. The van der Waals surface area contributed by atoms with Gasteiger partial charge in [0.1, 0.15) is 0 Å². The van der Waals surface area contributed by atoms with Crippen molar-refractivity contribution in [1.29, 1.82) is 0 Å². The van der Waals surface area contributed by atoms with E-state index in [9.17, 15) is 4.79 Å². The molecule has 0 radical (unpaired) electrons. The van der Waals surface area contributed by atoms with Gasteiger partial charge in [-0.3, -0.25) is 4.79 Å². The Hall–Kier alpha value is -1.10. The molecule has 0 saturated carbocycles. The van der Waals surface area contributed by atoms with Gasteiger partial charge in [0.05, 0.1) is 0 Å². The minimum Gasteiger partial charge on any atom is -0.326 e. The van der Waals surface area contributed by atoms with Gasteiger partial charge in [-0.05, 0) is 31.7 Å². The topological polar surface area (TPSA) is 35.6 Å². The Labute approximate surface area is 125 Å². The maximum absolute atomic E-state index is 11.9. The molecule has 1 aromatic rings. The van der Waals surface area contributed by atoms with Gasteiger partial charge in [0, 0.05) is 49.9 Å². The normalized spacial score (nSPS) is 17.1. The molecule has 0 atom stereocenters. The van der Waals surface area contributed by atoms with E-state index in [1.54, 1.807) is 6.07 Å². The van der Waals surface area contributed by atoms with Crippen molar-refractivity contribution in [3.8, 4) is 0 Å². The Morgan fingerprint density at radius 1 is 1.30 bits per heavy atom. The lowest BCUT2D eigenvalue weighted by Crippen LogP contribution is -2.45. The second-order valence-electron chi connectivity index (χ2n) is 5.41. The van der Waals surface area contributed by atoms with E-state index >= 15 is 0 Å². The fourth-order valence-corrected chi connectivity index (χ4v) is 2.41. The summed E-state index contributed by atoms with van der Waals surface area (Å²) in [6.45, 7) is 7.01. The average molecular weight is 296 g/mol. The maximum atomic E-state index is 11.9. The Balaban J connectivity index is 1.76. The van der Waals surface area contributed by atoms with Crippen LogP contribution in [-0.2, 0) is 4.79 Å². The molecule has 110 valence electrons. The SMILES string of the molecule is Cc1ccc(NC(=O)CCN2CCN(C)CC2)cc1Cl. The standard InChI is InChI=1S/C15H22ClN3O/c1-12-3-4-13(11-14(12)16)17-15(20)5-6-19-9-7-18(2)8-10-19/h3-4,11H,5-10H2,1-2H3,(H,17,20). The fraction of sp³-hybridized carbons (Fsp3) is 0.533. The van der Waals surface area contributed by atoms with Gasteiger partial charge in [-0.1, -0.05) is 17.7 Å². The van der Waals surface area contributed by atoms with Crippen LogP contribution in [0.1, 0.15) is 12.0 Å². The number of nitrogens with one attached hydrogen (secondary N) is 1. The van der Waals surface area contributed by atoms with E-state index in [0.717, 1.165) is 44.0 Å². The number of carbonyl (C=O) groups excluding carboxylic acids is 1. The van der Waals surface area contributed by atoms with Gasteiger partial charge >= 0.3 is 0 Å². The van der Waals surface area contributed by atoms with Crippen LogP contribution in [-0.4, -0.2) is 55.5 Å². The van der Waals surface area contributed by atoms with E-state index in [1.807, 2.05) is 19.1 Å². The van der Waals surface area contributed by atoms with Gasteiger partial charge in [-0.15, -0.1) is 0 Å². The van der Waals surface area contributed by atoms with E-state index in [-0.39, 0.29) is 5.91 Å². The molecular weight excluding hydrogens is 274 g/mol. The summed E-state index contributed by atoms with van der Waals surface area (Å²) in [5.41, 5.74) is 1.78. The molecule has 0 unspecified atom stereocenters. The van der Waals surface area contributed by atoms with Crippen molar-refractivity contribution >= 4 is 23.2 Å². The van der Waals surface area contributed by atoms with Crippen molar-refractivity contribution in [1.82, 2.24) is 9.80 Å². The lowest BCUT2D eigenvalue weighted by Gasteiger charge is -2.32. The molecule has 0 bridgehead atoms. The van der Waals surface area contributed by atoms with E-state index in [2.05, 4.69) is 22.2 Å². The summed E-state index contributed by atoms with van der Waals surface area (Å²) in [4.78, 5) is 16.6. The number of nitrogens with zero attached hydrogens (tertiary/aromatic N) is 2. The number of hydrogen-bond acceptors (Lipinski definition) is 3. The molecule has 2 rings (SSSR count). The smallest absolute Gasteiger partial charge is 0.225 e. The molecule has 1 heterocycles. The first-order valence-electron chi connectivity index (χ1n) is 7.01. The summed E-state index contributed by atoms with van der Waals surface area (Å²) < 4.78 is 0. The van der Waals surface area contributed by atoms with Crippen LogP contribution in [0.5, 0.6) is 0 Å². The van der Waals surface area contributed by atoms with Gasteiger partial charge in [0.15, 0.2) is 0 Å². The van der Waals surface area contributed by atoms with Crippen molar-refractivity contribution in [3.05, 3.63) is 28.8 Å². The highest BCUT2D eigenvalue weighted by atomic mass is 35.5. The molecule has 5 heteroatoms. The highest BCUT2D eigenvalue weighted by molar-refractivity contribution is 6.31. The van der Waals surface area contributed by atoms with Gasteiger partial charge in [-0.25, -0.2) is 0 Å². The molecule has 1 aliphatic rings. The van der Waals surface area contributed by atoms with Gasteiger partial charge in [-0.2, -0.15) is 0 Å². The first-order chi connectivity index (χ1) is 9.54. The quantitative estimate of drug-likeness (QED) is 0.925. The highest BCUT2D eigenvalue weighted by Gasteiger charge is 2.14. The van der Waals surface area contributed by atoms with E-state index in [1.165, 1.54) is 0 Å². The molecule has 1 aliphatic heterocycles. The number of piperazine rings is 1. The second kappa shape index (κ2) is 7.07. The second-order valence-corrected chi connectivity index (χ2v) is 5.81. The zero-order chi connectivity index (χ0) is 14.5. The first-order valence-corrected chi connectivity index (χ1v) is 7.39. The Kier molecular flexibility index (Phi) is 5.40. The number of hydrogen-bond donors (Lipinski definition) is 1. The number of carbonyl (C=O) groups is 1. The third-order valence-corrected chi connectivity index (χ3v) is 4.11. The summed E-state index contributed by atoms with van der Waals surface area (Å²) in [7, 11) is 2.13. The van der Waals surface area contributed by atoms with Gasteiger partial charge in [0.25, 0.3) is 0 Å². The molecule has 1 saturated heterocycles. The third kappa shape index (κ3) is 4.47. The number of amides is 1. The molecule has 1 N–H and O–H groups in total. The summed E-state index contributed by atoms with van der Waals surface area (Å²) in [5.74, 6) is 0.0452. The zero-order valence-electron chi connectivity index (χ0n) is 12.2. The van der Waals surface area contributed by atoms with Crippen LogP contribution in [0.15, 0.2) is 18.2 Å². The maximum Gasteiger partial charge on any atom is 0.225 e. The molecule has 1 amide bonds. The molecule has 1 aromatic carbocycles. The van der Waals surface area contributed by atoms with Crippen LogP contribution in [0.3, 0.4) is 0 Å². The van der Waals surface area contributed by atoms with Crippen molar-refractivity contribution in [2.24, 2.45) is 0 Å². The molecule has 0 spiro atoms. The zero-order valence-corrected chi connectivity index (χ0v) is 12.9. The van der Waals surface area contributed by atoms with E-state index < -0.39 is 0 Å². The lowest BCUT2D eigenvalue weighted by molar-refractivity contribution is -0.116. The number of benzene rings is 1. The molecule has 4 nitrogen and oxygen atoms in total. The molecule has 0 aliphatic carbocycles. The molecular formula is C15H22ClN3O. The van der Waals surface area contributed by atoms with Crippen molar-refractivity contribution in [2.75, 3.05) is 45.1 Å². The minimum atomic E-state index is 0.0452. The van der Waals surface area contributed by atoms with Crippen LogP contribution >= 0.6 is 11.6 Å². The van der Waals surface area contributed by atoms with Crippen molar-refractivity contribution < 1.29 is 4.79 Å². The fourth-order valence-electron chi connectivity index (χ4n) is 2.23. The van der Waals surface area contributed by atoms with E-state index in [0.29, 0.717) is 11.4 Å². The summed E-state index contributed by atoms with van der Waals surface area (Å²) >= 11 is 6.05. The first kappa shape index (κ1) is 15.3. The van der Waals surface area contributed by atoms with Crippen molar-refractivity contribution in [3.63, 3.8) is 0 Å². The molecule has 20 heavy (non-hydrogen) atoms. The monoisotopic (exact) mass is 295 g/mol. The molecule has 0 aromatic heterocycles. The van der Waals surface area contributed by atoms with Crippen LogP contribution in [0.2, 0.25) is 5.02 Å². The van der Waals surface area contributed by atoms with Gasteiger partial charge < -0.3 is 15.1 Å². The summed E-state index contributed by atoms with van der Waals surface area (Å²) in [6, 6.07) is 5.60. The predicted octanol–water partition coefficient (Wildman–Crippen LogP) is 2.22. The minimum absolute atomic E-state index is 0.0452. The summed E-state index contributed by atoms with van der Waals surface area (Å²) in [5, 5.41) is 3.58.